The van der Waals surface area contributed by atoms with Crippen molar-refractivity contribution in [2.24, 2.45) is 11.8 Å². The first-order valence-electron chi connectivity index (χ1n) is 10.6. The van der Waals surface area contributed by atoms with Crippen molar-refractivity contribution in [3.05, 3.63) is 35.2 Å². The van der Waals surface area contributed by atoms with Crippen LogP contribution in [0.15, 0.2) is 24.3 Å². The van der Waals surface area contributed by atoms with Crippen molar-refractivity contribution in [3.8, 4) is 5.88 Å². The molecule has 162 valence electrons. The van der Waals surface area contributed by atoms with Crippen molar-refractivity contribution in [2.45, 2.75) is 32.6 Å². The predicted octanol–water partition coefficient (Wildman–Crippen LogP) is 5.05. The van der Waals surface area contributed by atoms with Gasteiger partial charge < -0.3 is 19.7 Å². The predicted molar refractivity (Wildman–Crippen MR) is 116 cm³/mol. The van der Waals surface area contributed by atoms with Gasteiger partial charge in [-0.2, -0.15) is 14.4 Å². The van der Waals surface area contributed by atoms with Crippen LogP contribution in [-0.2, 0) is 4.74 Å². The Kier molecular flexibility index (Phi) is 6.89. The zero-order valence-electron chi connectivity index (χ0n) is 17.2. The van der Waals surface area contributed by atoms with Gasteiger partial charge in [-0.15, -0.1) is 0 Å². The molecule has 1 aromatic carbocycles. The number of halogens is 2. The number of benzene rings is 1. The lowest BCUT2D eigenvalue weighted by atomic mass is 9.83. The summed E-state index contributed by atoms with van der Waals surface area (Å²) < 4.78 is 25.5. The van der Waals surface area contributed by atoms with Gasteiger partial charge in [0.25, 0.3) is 5.88 Å². The van der Waals surface area contributed by atoms with Crippen molar-refractivity contribution in [1.82, 2.24) is 9.97 Å². The van der Waals surface area contributed by atoms with Crippen LogP contribution in [-0.4, -0.2) is 42.9 Å². The van der Waals surface area contributed by atoms with E-state index in [4.69, 9.17) is 21.1 Å². The van der Waals surface area contributed by atoms with E-state index in [1.807, 2.05) is 24.3 Å². The summed E-state index contributed by atoms with van der Waals surface area (Å²) in [6.07, 6.45) is 4.58. The summed E-state index contributed by atoms with van der Waals surface area (Å²) >= 11 is 5.99. The second-order valence-corrected chi connectivity index (χ2v) is 8.52. The molecule has 2 heterocycles. The third-order valence-electron chi connectivity index (χ3n) is 5.87. The highest BCUT2D eigenvalue weighted by molar-refractivity contribution is 6.29. The molecule has 0 amide bonds. The molecule has 0 atom stereocenters. The highest BCUT2D eigenvalue weighted by atomic mass is 35.5. The van der Waals surface area contributed by atoms with Gasteiger partial charge in [-0.3, -0.25) is 0 Å². The molecular weight excluding hydrogens is 407 g/mol. The quantitative estimate of drug-likeness (QED) is 0.641. The highest BCUT2D eigenvalue weighted by Crippen LogP contribution is 2.30. The van der Waals surface area contributed by atoms with Gasteiger partial charge in [0.2, 0.25) is 11.8 Å². The lowest BCUT2D eigenvalue weighted by Gasteiger charge is -2.28. The topological polar surface area (TPSA) is 59.5 Å². The largest absolute Gasteiger partial charge is 0.475 e. The minimum Gasteiger partial charge on any atom is -0.475 e. The van der Waals surface area contributed by atoms with E-state index in [0.29, 0.717) is 12.5 Å². The first kappa shape index (κ1) is 21.1. The van der Waals surface area contributed by atoms with E-state index in [2.05, 4.69) is 27.1 Å². The molecule has 0 radical (unpaired) electrons. The number of aromatic nitrogens is 2. The van der Waals surface area contributed by atoms with Gasteiger partial charge in [0.1, 0.15) is 0 Å². The minimum atomic E-state index is -0.714. The van der Waals surface area contributed by atoms with E-state index in [-0.39, 0.29) is 17.0 Å². The Labute approximate surface area is 181 Å². The number of ether oxygens (including phenoxy) is 2. The molecule has 0 unspecified atom stereocenters. The van der Waals surface area contributed by atoms with Gasteiger partial charge in [-0.1, -0.05) is 31.4 Å². The molecule has 6 nitrogen and oxygen atoms in total. The third kappa shape index (κ3) is 5.32. The van der Waals surface area contributed by atoms with Crippen molar-refractivity contribution in [3.63, 3.8) is 0 Å². The molecule has 1 aliphatic heterocycles. The Morgan fingerprint density at radius 1 is 1.13 bits per heavy atom. The zero-order valence-corrected chi connectivity index (χ0v) is 18.0. The van der Waals surface area contributed by atoms with Crippen LogP contribution in [0.1, 0.15) is 32.6 Å². The van der Waals surface area contributed by atoms with Gasteiger partial charge in [0.05, 0.1) is 19.8 Å². The summed E-state index contributed by atoms with van der Waals surface area (Å²) in [6.45, 7) is 5.96. The number of rotatable bonds is 6. The van der Waals surface area contributed by atoms with Crippen LogP contribution in [0.2, 0.25) is 5.15 Å². The maximum Gasteiger partial charge on any atom is 0.257 e. The maximum atomic E-state index is 14.4. The molecule has 2 aliphatic rings. The molecule has 0 bridgehead atoms. The molecule has 0 spiro atoms. The molecule has 4 rings (SSSR count). The average Bonchev–Trinajstić information content (AvgIpc) is 2.77. The molecular formula is C22H28ClFN4O2. The summed E-state index contributed by atoms with van der Waals surface area (Å²) in [5.41, 5.74) is 1.93. The number of hydrogen-bond donors (Lipinski definition) is 1. The normalized spacial score (nSPS) is 22.0. The standard InChI is InChI=1S/C22H28ClFN4O2/c1-15-2-4-16(5-3-15)14-30-21-19(24)20(23)26-22(27-21)25-17-6-8-18(9-7-17)28-10-12-29-13-11-28/h6-9,15-16H,2-5,10-14H2,1H3,(H,25,26,27)/t15-,16-. The molecule has 8 heteroatoms. The number of anilines is 3. The van der Waals surface area contributed by atoms with Crippen LogP contribution >= 0.6 is 11.6 Å². The van der Waals surface area contributed by atoms with Gasteiger partial charge in [0.15, 0.2) is 5.15 Å². The van der Waals surface area contributed by atoms with E-state index in [0.717, 1.165) is 56.4 Å². The van der Waals surface area contributed by atoms with Crippen LogP contribution in [0.5, 0.6) is 5.88 Å². The summed E-state index contributed by atoms with van der Waals surface area (Å²) in [5, 5.41) is 2.84. The average molecular weight is 435 g/mol. The zero-order chi connectivity index (χ0) is 20.9. The van der Waals surface area contributed by atoms with Crippen molar-refractivity contribution in [1.29, 1.82) is 0 Å². The van der Waals surface area contributed by atoms with E-state index in [1.165, 1.54) is 12.8 Å². The van der Waals surface area contributed by atoms with Crippen molar-refractivity contribution in [2.75, 3.05) is 43.1 Å². The van der Waals surface area contributed by atoms with Gasteiger partial charge in [-0.25, -0.2) is 0 Å². The van der Waals surface area contributed by atoms with Gasteiger partial charge in [0, 0.05) is 24.5 Å². The molecule has 1 saturated carbocycles. The minimum absolute atomic E-state index is 0.0962. The third-order valence-corrected chi connectivity index (χ3v) is 6.12. The van der Waals surface area contributed by atoms with Gasteiger partial charge in [-0.05, 0) is 48.9 Å². The Hall–Kier alpha value is -2.12. The molecule has 1 saturated heterocycles. The molecule has 2 aromatic rings. The highest BCUT2D eigenvalue weighted by Gasteiger charge is 2.21. The van der Waals surface area contributed by atoms with E-state index < -0.39 is 5.82 Å². The molecule has 1 aromatic heterocycles. The van der Waals surface area contributed by atoms with E-state index in [9.17, 15) is 4.39 Å². The first-order valence-corrected chi connectivity index (χ1v) is 11.0. The fourth-order valence-electron chi connectivity index (χ4n) is 3.95. The smallest absolute Gasteiger partial charge is 0.257 e. The van der Waals surface area contributed by atoms with Crippen LogP contribution in [0, 0.1) is 17.7 Å². The monoisotopic (exact) mass is 434 g/mol. The van der Waals surface area contributed by atoms with Crippen LogP contribution < -0.4 is 15.0 Å². The summed E-state index contributed by atoms with van der Waals surface area (Å²) in [5.74, 6) is 0.596. The number of morpholine rings is 1. The van der Waals surface area contributed by atoms with Crippen molar-refractivity contribution < 1.29 is 13.9 Å². The Balaban J connectivity index is 1.40. The number of hydrogen-bond acceptors (Lipinski definition) is 6. The molecule has 1 N–H and O–H groups in total. The summed E-state index contributed by atoms with van der Waals surface area (Å²) in [4.78, 5) is 10.5. The first-order chi connectivity index (χ1) is 14.6. The summed E-state index contributed by atoms with van der Waals surface area (Å²) in [6, 6.07) is 7.94. The SMILES string of the molecule is C[C@H]1CC[C@H](COc2nc(Nc3ccc(N4CCOCC4)cc3)nc(Cl)c2F)CC1. The summed E-state index contributed by atoms with van der Waals surface area (Å²) in [7, 11) is 0. The number of nitrogens with one attached hydrogen (secondary N) is 1. The number of nitrogens with zero attached hydrogens (tertiary/aromatic N) is 3. The molecule has 2 fully saturated rings. The van der Waals surface area contributed by atoms with Crippen LogP contribution in [0.3, 0.4) is 0 Å². The lowest BCUT2D eigenvalue weighted by molar-refractivity contribution is 0.122. The van der Waals surface area contributed by atoms with Crippen LogP contribution in [0.4, 0.5) is 21.7 Å². The van der Waals surface area contributed by atoms with Gasteiger partial charge >= 0.3 is 0 Å². The Morgan fingerprint density at radius 3 is 2.53 bits per heavy atom. The molecule has 30 heavy (non-hydrogen) atoms. The lowest BCUT2D eigenvalue weighted by Crippen LogP contribution is -2.36. The van der Waals surface area contributed by atoms with E-state index >= 15 is 0 Å². The molecule has 1 aliphatic carbocycles. The second kappa shape index (κ2) is 9.79. The van der Waals surface area contributed by atoms with Crippen molar-refractivity contribution >= 4 is 28.9 Å². The van der Waals surface area contributed by atoms with E-state index in [1.54, 1.807) is 0 Å². The van der Waals surface area contributed by atoms with Crippen LogP contribution in [0.25, 0.3) is 0 Å². The Bertz CT molecular complexity index is 838. The Morgan fingerprint density at radius 2 is 1.83 bits per heavy atom. The second-order valence-electron chi connectivity index (χ2n) is 8.17. The fourth-order valence-corrected chi connectivity index (χ4v) is 4.11. The maximum absolute atomic E-state index is 14.4. The fraction of sp³-hybridized carbons (Fsp3) is 0.545.